The number of ether oxygens (including phenoxy) is 4. The SMILES string of the molecule is C#C[C@@H](CCCC)OC1CCCCO1.CC(C)(C)[Si](OCCCCC#CCCCCCCCBr)(c1ccccc1)c1ccccc1.CCCC[C@H](C#CCCCCCCCC#CCCCCO[Si](c1ccccc1)(c1ccccc1)C(C)(C)C)OC1CCCCO1. The van der Waals surface area contributed by atoms with Crippen LogP contribution < -0.4 is 20.7 Å². The van der Waals surface area contributed by atoms with Crippen LogP contribution in [0.5, 0.6) is 0 Å². The van der Waals surface area contributed by atoms with Crippen molar-refractivity contribution in [2.24, 2.45) is 0 Å². The van der Waals surface area contributed by atoms with Gasteiger partial charge in [-0.1, -0.05) is 269 Å². The number of rotatable bonds is 36. The number of hydrogen-bond donors (Lipinski definition) is 0. The van der Waals surface area contributed by atoms with Gasteiger partial charge < -0.3 is 27.8 Å². The molecule has 0 radical (unpaired) electrons. The second-order valence-electron chi connectivity index (χ2n) is 26.7. The molecule has 0 amide bonds. The van der Waals surface area contributed by atoms with E-state index in [1.165, 1.54) is 104 Å². The van der Waals surface area contributed by atoms with Crippen LogP contribution in [0.15, 0.2) is 121 Å². The van der Waals surface area contributed by atoms with Gasteiger partial charge in [-0.25, -0.2) is 0 Å². The molecule has 0 saturated carbocycles. The average molecular weight is 1340 g/mol. The van der Waals surface area contributed by atoms with E-state index in [9.17, 15) is 0 Å². The molecule has 6 rings (SSSR count). The fourth-order valence-electron chi connectivity index (χ4n) is 12.1. The molecule has 4 aromatic rings. The van der Waals surface area contributed by atoms with Crippen molar-refractivity contribution in [1.82, 2.24) is 0 Å². The van der Waals surface area contributed by atoms with Crippen molar-refractivity contribution in [1.29, 1.82) is 0 Å². The summed E-state index contributed by atoms with van der Waals surface area (Å²) in [6, 6.07) is 43.6. The Bertz CT molecular complexity index is 2580. The number of terminal acetylenes is 1. The normalized spacial score (nSPS) is 15.7. The third-order valence-electron chi connectivity index (χ3n) is 17.1. The van der Waals surface area contributed by atoms with Crippen LogP contribution >= 0.6 is 15.9 Å². The minimum absolute atomic E-state index is 0.0270. The Morgan fingerprint density at radius 3 is 1.10 bits per heavy atom. The summed E-state index contributed by atoms with van der Waals surface area (Å²) in [6.45, 7) is 21.6. The molecule has 2 saturated heterocycles. The summed E-state index contributed by atoms with van der Waals surface area (Å²) in [7, 11) is -4.82. The predicted molar refractivity (Wildman–Crippen MR) is 397 cm³/mol. The highest BCUT2D eigenvalue weighted by molar-refractivity contribution is 9.09. The maximum atomic E-state index is 7.00. The molecule has 2 unspecified atom stereocenters. The second-order valence-corrected chi connectivity index (χ2v) is 36.1. The van der Waals surface area contributed by atoms with E-state index in [-0.39, 0.29) is 34.9 Å². The molecule has 9 heteroatoms. The number of benzene rings is 4. The molecule has 2 heterocycles. The number of halogens is 1. The molecular formula is C82H121BrO6Si2. The lowest BCUT2D eigenvalue weighted by Gasteiger charge is -2.43. The van der Waals surface area contributed by atoms with Gasteiger partial charge in [-0.05, 0) is 134 Å². The van der Waals surface area contributed by atoms with Crippen molar-refractivity contribution in [3.05, 3.63) is 121 Å². The lowest BCUT2D eigenvalue weighted by atomic mass is 10.1. The Hall–Kier alpha value is -4.21. The standard InChI is InChI=1S/C41H60O3Si.C29H41BrOSi.C12H20O2/c1-5-6-28-37(44-40-34-25-27-35-42-40)29-20-16-14-12-10-8-7-9-11-13-15-17-26-36-43-45(41(2,3)4,38-30-21-18-22-31-38)39-32-23-19-24-33-39;1-29(2,3)32(27-21-15-13-16-22-27,28-23-17-14-18-24-28)31-26-20-12-10-8-6-4-5-7-9-11-19-25-30;1-3-5-8-11(4-2)14-12-9-6-7-10-13-12/h18-19,21-24,30-33,37,40H,5-10,12,14-17,25-28,34-36H2,1-4H3;13-18,21-24H,4-5,7,9-12,19-20,25-26H2,1-3H3;2,11-12H,3,5-10H2,1H3/t37-,40?;;11-,12?/m1.0/s1. The van der Waals surface area contributed by atoms with Crippen molar-refractivity contribution >= 4 is 53.3 Å². The lowest BCUT2D eigenvalue weighted by molar-refractivity contribution is -0.177. The molecule has 0 N–H and O–H groups in total. The summed E-state index contributed by atoms with van der Waals surface area (Å²) >= 11 is 3.49. The maximum Gasteiger partial charge on any atom is 0.261 e. The van der Waals surface area contributed by atoms with Gasteiger partial charge in [-0.3, -0.25) is 0 Å². The first kappa shape index (κ1) is 79.2. The van der Waals surface area contributed by atoms with Gasteiger partial charge in [0.15, 0.2) is 12.6 Å². The van der Waals surface area contributed by atoms with Crippen molar-refractivity contribution < 1.29 is 27.8 Å². The molecule has 91 heavy (non-hydrogen) atoms. The summed E-state index contributed by atoms with van der Waals surface area (Å²) in [6.07, 6.45) is 40.5. The molecule has 2 aliphatic rings. The topological polar surface area (TPSA) is 55.4 Å². The van der Waals surface area contributed by atoms with Crippen LogP contribution in [0.25, 0.3) is 0 Å². The maximum absolute atomic E-state index is 7.00. The quantitative estimate of drug-likeness (QED) is 0.0196. The van der Waals surface area contributed by atoms with Gasteiger partial charge in [-0.2, -0.15) is 0 Å². The van der Waals surface area contributed by atoms with Gasteiger partial charge in [0, 0.05) is 63.9 Å². The summed E-state index contributed by atoms with van der Waals surface area (Å²) in [5, 5.41) is 6.62. The van der Waals surface area contributed by atoms with E-state index in [0.29, 0.717) is 0 Å². The molecule has 4 atom stereocenters. The summed E-state index contributed by atoms with van der Waals surface area (Å²) in [4.78, 5) is 0. The van der Waals surface area contributed by atoms with Crippen LogP contribution in [0, 0.1) is 47.9 Å². The average Bonchev–Trinajstić information content (AvgIpc) is 0.809. The van der Waals surface area contributed by atoms with E-state index in [1.807, 2.05) is 0 Å². The van der Waals surface area contributed by atoms with Gasteiger partial charge in [0.2, 0.25) is 0 Å². The minimum Gasteiger partial charge on any atom is -0.407 e. The van der Waals surface area contributed by atoms with Crippen LogP contribution in [-0.4, -0.2) is 73.2 Å². The first-order chi connectivity index (χ1) is 44.4. The lowest BCUT2D eigenvalue weighted by Crippen LogP contribution is -2.66. The van der Waals surface area contributed by atoms with E-state index >= 15 is 0 Å². The molecule has 0 bridgehead atoms. The summed E-state index contributed by atoms with van der Waals surface area (Å²) in [5.74, 6) is 23.1. The number of alkyl halides is 1. The molecule has 500 valence electrons. The fraction of sp³-hybridized carbons (Fsp3) is 0.610. The van der Waals surface area contributed by atoms with Gasteiger partial charge in [0.1, 0.15) is 12.2 Å². The molecule has 2 fully saturated rings. The van der Waals surface area contributed by atoms with Crippen LogP contribution in [-0.2, 0) is 27.8 Å². The first-order valence-electron chi connectivity index (χ1n) is 35.8. The van der Waals surface area contributed by atoms with Crippen LogP contribution in [0.4, 0.5) is 0 Å². The van der Waals surface area contributed by atoms with Crippen molar-refractivity contribution in [2.45, 2.75) is 289 Å². The molecule has 0 aliphatic carbocycles. The zero-order valence-corrected chi connectivity index (χ0v) is 61.8. The molecule has 0 aromatic heterocycles. The van der Waals surface area contributed by atoms with Crippen LogP contribution in [0.2, 0.25) is 10.1 Å². The van der Waals surface area contributed by atoms with E-state index in [0.717, 1.165) is 147 Å². The summed E-state index contributed by atoms with van der Waals surface area (Å²) < 4.78 is 37.0. The van der Waals surface area contributed by atoms with E-state index in [1.54, 1.807) is 0 Å². The Kier molecular flexibility index (Phi) is 42.2. The van der Waals surface area contributed by atoms with E-state index in [4.69, 9.17) is 34.2 Å². The van der Waals surface area contributed by atoms with Crippen molar-refractivity contribution in [2.75, 3.05) is 31.8 Å². The Balaban J connectivity index is 0.000000331. The smallest absolute Gasteiger partial charge is 0.261 e. The van der Waals surface area contributed by atoms with Gasteiger partial charge >= 0.3 is 0 Å². The monoisotopic (exact) mass is 1340 g/mol. The number of unbranched alkanes of at least 4 members (excludes halogenated alkanes) is 17. The first-order valence-corrected chi connectivity index (χ1v) is 40.8. The molecule has 6 nitrogen and oxygen atoms in total. The third-order valence-corrected chi connectivity index (χ3v) is 27.8. The zero-order chi connectivity index (χ0) is 65.4. The van der Waals surface area contributed by atoms with Gasteiger partial charge in [0.25, 0.3) is 16.6 Å². The van der Waals surface area contributed by atoms with Crippen molar-refractivity contribution in [3.8, 4) is 47.9 Å². The van der Waals surface area contributed by atoms with E-state index in [2.05, 4.69) is 234 Å². The largest absolute Gasteiger partial charge is 0.407 e. The number of hydrogen-bond acceptors (Lipinski definition) is 6. The Labute approximate surface area is 567 Å². The Morgan fingerprint density at radius 2 is 0.769 bits per heavy atom. The van der Waals surface area contributed by atoms with Crippen molar-refractivity contribution in [3.63, 3.8) is 0 Å². The summed E-state index contributed by atoms with van der Waals surface area (Å²) in [5.41, 5.74) is 0. The third kappa shape index (κ3) is 30.8. The highest BCUT2D eigenvalue weighted by Gasteiger charge is 2.51. The van der Waals surface area contributed by atoms with Crippen LogP contribution in [0.3, 0.4) is 0 Å². The molecule has 4 aromatic carbocycles. The molecule has 0 spiro atoms. The molecular weight excluding hydrogens is 1220 g/mol. The second kappa shape index (κ2) is 48.5. The van der Waals surface area contributed by atoms with Crippen LogP contribution in [0.1, 0.15) is 254 Å². The Morgan fingerprint density at radius 1 is 0.440 bits per heavy atom. The minimum atomic E-state index is -2.43. The van der Waals surface area contributed by atoms with Gasteiger partial charge in [-0.15, -0.1) is 36.0 Å². The zero-order valence-electron chi connectivity index (χ0n) is 58.2. The molecule has 2 aliphatic heterocycles. The van der Waals surface area contributed by atoms with E-state index < -0.39 is 16.6 Å². The predicted octanol–water partition coefficient (Wildman–Crippen LogP) is 19.8. The fourth-order valence-corrected chi connectivity index (χ4v) is 21.7. The highest BCUT2D eigenvalue weighted by Crippen LogP contribution is 2.38. The highest BCUT2D eigenvalue weighted by atomic mass is 79.9. The van der Waals surface area contributed by atoms with Gasteiger partial charge in [0.05, 0.1) is 0 Å².